The van der Waals surface area contributed by atoms with Crippen LogP contribution in [0.25, 0.3) is 10.8 Å². The standard InChI is InChI=1S/C17H14N4.HI/c1-2-8-13(9-3-1)20-21-17-18-14-10-4-6-12-7-5-11-15(19-17)16(12)14;/h1-11,20H,(H2,18,19,21);1H. The van der Waals surface area contributed by atoms with Crippen molar-refractivity contribution in [2.24, 2.45) is 4.99 Å². The zero-order chi connectivity index (χ0) is 14.1. The second kappa shape index (κ2) is 6.23. The van der Waals surface area contributed by atoms with Gasteiger partial charge in [-0.1, -0.05) is 42.5 Å². The SMILES string of the molecule is I.c1ccc(NNC2=Nc3cccc4cccc(c34)N2)cc1. The molecule has 3 aromatic rings. The summed E-state index contributed by atoms with van der Waals surface area (Å²) in [5.74, 6) is 0.685. The summed E-state index contributed by atoms with van der Waals surface area (Å²) in [5, 5.41) is 5.66. The van der Waals surface area contributed by atoms with E-state index in [2.05, 4.69) is 39.4 Å². The van der Waals surface area contributed by atoms with Gasteiger partial charge in [0, 0.05) is 5.39 Å². The predicted molar refractivity (Wildman–Crippen MR) is 103 cm³/mol. The van der Waals surface area contributed by atoms with E-state index in [1.165, 1.54) is 5.39 Å². The van der Waals surface area contributed by atoms with Gasteiger partial charge in [-0.2, -0.15) is 0 Å². The Labute approximate surface area is 145 Å². The molecule has 3 aromatic carbocycles. The Morgan fingerprint density at radius 2 is 1.55 bits per heavy atom. The van der Waals surface area contributed by atoms with Crippen molar-refractivity contribution in [1.29, 1.82) is 0 Å². The molecule has 22 heavy (non-hydrogen) atoms. The molecule has 0 saturated heterocycles. The molecule has 1 aliphatic heterocycles. The number of nitrogens with zero attached hydrogens (tertiary/aromatic N) is 1. The van der Waals surface area contributed by atoms with Crippen molar-refractivity contribution in [3.8, 4) is 0 Å². The fraction of sp³-hybridized carbons (Fsp3) is 0. The summed E-state index contributed by atoms with van der Waals surface area (Å²) >= 11 is 0. The van der Waals surface area contributed by atoms with Crippen LogP contribution in [0.15, 0.2) is 71.7 Å². The smallest absolute Gasteiger partial charge is 0.220 e. The Kier molecular flexibility index (Phi) is 4.15. The third-order valence-electron chi connectivity index (χ3n) is 3.47. The first-order valence-electron chi connectivity index (χ1n) is 6.85. The van der Waals surface area contributed by atoms with Gasteiger partial charge in [0.05, 0.1) is 17.1 Å². The molecule has 0 fully saturated rings. The minimum atomic E-state index is 0. The molecule has 0 saturated carbocycles. The Bertz CT molecular complexity index is 825. The second-order valence-corrected chi connectivity index (χ2v) is 4.88. The number of halogens is 1. The van der Waals surface area contributed by atoms with Gasteiger partial charge < -0.3 is 5.32 Å². The molecule has 1 aliphatic rings. The average Bonchev–Trinajstić information content (AvgIpc) is 2.54. The molecule has 3 N–H and O–H groups in total. The Balaban J connectivity index is 0.00000144. The minimum absolute atomic E-state index is 0. The fourth-order valence-corrected chi connectivity index (χ4v) is 2.51. The van der Waals surface area contributed by atoms with E-state index in [1.54, 1.807) is 0 Å². The molecule has 5 heteroatoms. The van der Waals surface area contributed by atoms with Crippen LogP contribution in [0.5, 0.6) is 0 Å². The van der Waals surface area contributed by atoms with Crippen LogP contribution in [0.1, 0.15) is 0 Å². The summed E-state index contributed by atoms with van der Waals surface area (Å²) in [6.07, 6.45) is 0. The highest BCUT2D eigenvalue weighted by atomic mass is 127. The van der Waals surface area contributed by atoms with Crippen LogP contribution in [0.3, 0.4) is 0 Å². The lowest BCUT2D eigenvalue weighted by Crippen LogP contribution is -2.36. The summed E-state index contributed by atoms with van der Waals surface area (Å²) < 4.78 is 0. The molecule has 4 rings (SSSR count). The number of aliphatic imine (C=N–C) groups is 1. The van der Waals surface area contributed by atoms with Crippen molar-refractivity contribution in [3.05, 3.63) is 66.7 Å². The molecule has 0 atom stereocenters. The van der Waals surface area contributed by atoms with Crippen molar-refractivity contribution in [3.63, 3.8) is 0 Å². The van der Waals surface area contributed by atoms with E-state index in [-0.39, 0.29) is 24.0 Å². The Hall–Kier alpha value is -2.28. The minimum Gasteiger partial charge on any atom is -0.324 e. The predicted octanol–water partition coefficient (Wildman–Crippen LogP) is 4.49. The Morgan fingerprint density at radius 1 is 0.773 bits per heavy atom. The monoisotopic (exact) mass is 402 g/mol. The van der Waals surface area contributed by atoms with Crippen LogP contribution in [-0.2, 0) is 0 Å². The van der Waals surface area contributed by atoms with Crippen LogP contribution >= 0.6 is 24.0 Å². The molecule has 0 spiro atoms. The lowest BCUT2D eigenvalue weighted by molar-refractivity contribution is 1.10. The fourth-order valence-electron chi connectivity index (χ4n) is 2.51. The van der Waals surface area contributed by atoms with Crippen LogP contribution < -0.4 is 16.2 Å². The van der Waals surface area contributed by atoms with E-state index in [0.717, 1.165) is 22.4 Å². The zero-order valence-electron chi connectivity index (χ0n) is 11.7. The van der Waals surface area contributed by atoms with Crippen molar-refractivity contribution >= 4 is 57.8 Å². The maximum Gasteiger partial charge on any atom is 0.220 e. The second-order valence-electron chi connectivity index (χ2n) is 4.88. The van der Waals surface area contributed by atoms with Gasteiger partial charge in [0.1, 0.15) is 0 Å². The number of hydrogen-bond donors (Lipinski definition) is 3. The van der Waals surface area contributed by atoms with E-state index in [4.69, 9.17) is 0 Å². The van der Waals surface area contributed by atoms with E-state index in [1.807, 2.05) is 48.5 Å². The molecular weight excluding hydrogens is 387 g/mol. The van der Waals surface area contributed by atoms with E-state index in [9.17, 15) is 0 Å². The highest BCUT2D eigenvalue weighted by Gasteiger charge is 2.13. The number of rotatable bonds is 2. The maximum absolute atomic E-state index is 4.61. The van der Waals surface area contributed by atoms with Crippen molar-refractivity contribution in [2.45, 2.75) is 0 Å². The van der Waals surface area contributed by atoms with Gasteiger partial charge in [-0.05, 0) is 29.7 Å². The molecule has 0 amide bonds. The molecule has 0 bridgehead atoms. The number of benzene rings is 3. The number of para-hydroxylation sites is 1. The zero-order valence-corrected chi connectivity index (χ0v) is 14.0. The van der Waals surface area contributed by atoms with Gasteiger partial charge in [0.15, 0.2) is 0 Å². The first-order valence-corrected chi connectivity index (χ1v) is 6.85. The van der Waals surface area contributed by atoms with Crippen molar-refractivity contribution in [2.75, 3.05) is 10.7 Å². The van der Waals surface area contributed by atoms with Gasteiger partial charge in [0.25, 0.3) is 0 Å². The van der Waals surface area contributed by atoms with Crippen molar-refractivity contribution in [1.82, 2.24) is 5.43 Å². The highest BCUT2D eigenvalue weighted by Crippen LogP contribution is 2.35. The summed E-state index contributed by atoms with van der Waals surface area (Å²) in [5.41, 5.74) is 9.27. The van der Waals surface area contributed by atoms with Crippen LogP contribution in [0.4, 0.5) is 17.1 Å². The van der Waals surface area contributed by atoms with Gasteiger partial charge in [-0.15, -0.1) is 24.0 Å². The first-order chi connectivity index (χ1) is 10.4. The lowest BCUT2D eigenvalue weighted by Gasteiger charge is -2.20. The molecular formula is C17H15IN4. The largest absolute Gasteiger partial charge is 0.324 e. The average molecular weight is 402 g/mol. The quantitative estimate of drug-likeness (QED) is 0.438. The highest BCUT2D eigenvalue weighted by molar-refractivity contribution is 14.0. The Morgan fingerprint density at radius 3 is 2.36 bits per heavy atom. The lowest BCUT2D eigenvalue weighted by atomic mass is 10.1. The molecule has 0 unspecified atom stereocenters. The molecule has 1 heterocycles. The number of hydrogen-bond acceptors (Lipinski definition) is 4. The number of hydrazine groups is 1. The third-order valence-corrected chi connectivity index (χ3v) is 3.47. The third kappa shape index (κ3) is 2.71. The molecule has 110 valence electrons. The van der Waals surface area contributed by atoms with E-state index < -0.39 is 0 Å². The topological polar surface area (TPSA) is 48.5 Å². The van der Waals surface area contributed by atoms with Gasteiger partial charge >= 0.3 is 0 Å². The van der Waals surface area contributed by atoms with Gasteiger partial charge in [-0.3, -0.25) is 10.9 Å². The number of nitrogens with one attached hydrogen (secondary N) is 3. The molecule has 0 radical (unpaired) electrons. The van der Waals surface area contributed by atoms with Crippen molar-refractivity contribution < 1.29 is 0 Å². The number of guanidine groups is 1. The normalized spacial score (nSPS) is 11.9. The number of anilines is 2. The first kappa shape index (κ1) is 14.6. The summed E-state index contributed by atoms with van der Waals surface area (Å²) in [6, 6.07) is 22.3. The maximum atomic E-state index is 4.61. The van der Waals surface area contributed by atoms with Crippen LogP contribution in [0.2, 0.25) is 0 Å². The van der Waals surface area contributed by atoms with Crippen LogP contribution in [-0.4, -0.2) is 5.96 Å². The van der Waals surface area contributed by atoms with Gasteiger partial charge in [0.2, 0.25) is 5.96 Å². The van der Waals surface area contributed by atoms with Crippen LogP contribution in [0, 0.1) is 0 Å². The molecule has 0 aromatic heterocycles. The molecule has 0 aliphatic carbocycles. The van der Waals surface area contributed by atoms with E-state index in [0.29, 0.717) is 5.96 Å². The molecule has 4 nitrogen and oxygen atoms in total. The van der Waals surface area contributed by atoms with E-state index >= 15 is 0 Å². The van der Waals surface area contributed by atoms with Gasteiger partial charge in [-0.25, -0.2) is 4.99 Å². The summed E-state index contributed by atoms with van der Waals surface area (Å²) in [6.45, 7) is 0. The summed E-state index contributed by atoms with van der Waals surface area (Å²) in [7, 11) is 0. The summed E-state index contributed by atoms with van der Waals surface area (Å²) in [4.78, 5) is 4.61.